The smallest absolute Gasteiger partial charge is 0.0989 e. The molecule has 0 radical (unpaired) electrons. The molecule has 0 fully saturated rings. The molecule has 0 saturated carbocycles. The molecule has 34 heavy (non-hydrogen) atoms. The van der Waals surface area contributed by atoms with E-state index in [9.17, 15) is 0 Å². The third-order valence-corrected chi connectivity index (χ3v) is 12.4. The van der Waals surface area contributed by atoms with Crippen molar-refractivity contribution >= 4 is 46.5 Å². The Morgan fingerprint density at radius 3 is 1.26 bits per heavy atom. The molecule has 4 aromatic rings. The van der Waals surface area contributed by atoms with Gasteiger partial charge in [-0.1, -0.05) is 97.1 Å². The van der Waals surface area contributed by atoms with Gasteiger partial charge >= 0.3 is 0 Å². The van der Waals surface area contributed by atoms with Crippen LogP contribution in [-0.4, -0.2) is 38.2 Å². The van der Waals surface area contributed by atoms with Crippen molar-refractivity contribution in [2.45, 2.75) is 0 Å². The maximum Gasteiger partial charge on any atom is 0.0989 e. The second kappa shape index (κ2) is 12.4. The van der Waals surface area contributed by atoms with Gasteiger partial charge in [0.05, 0.1) is 40.8 Å². The molecule has 6 heteroatoms. The number of rotatable bonds is 7. The molecule has 0 aliphatic carbocycles. The molecule has 0 bridgehead atoms. The highest BCUT2D eigenvalue weighted by molar-refractivity contribution is 7.89. The molecule has 0 aliphatic rings. The van der Waals surface area contributed by atoms with E-state index >= 15 is 0 Å². The van der Waals surface area contributed by atoms with E-state index < -0.39 is 17.4 Å². The van der Waals surface area contributed by atoms with E-state index in [4.69, 9.17) is 13.0 Å². The van der Waals surface area contributed by atoms with Crippen molar-refractivity contribution in [3.05, 3.63) is 121 Å². The molecule has 0 saturated heterocycles. The SMILES string of the molecule is CS(=O)(=O)[O-].C[P+](CCP(c1ccccc1)c1ccccc1)(c1ccccc1)c1ccccc1. The van der Waals surface area contributed by atoms with Gasteiger partial charge in [-0.25, -0.2) is 8.42 Å². The molecule has 0 amide bonds. The highest BCUT2D eigenvalue weighted by atomic mass is 32.2. The Kier molecular flexibility index (Phi) is 9.56. The monoisotopic (exact) mass is 508 g/mol. The zero-order chi connectivity index (χ0) is 24.4. The van der Waals surface area contributed by atoms with Gasteiger partial charge < -0.3 is 4.55 Å². The Hall–Kier alpha value is -2.35. The van der Waals surface area contributed by atoms with Crippen LogP contribution in [-0.2, 0) is 10.1 Å². The predicted octanol–water partition coefficient (Wildman–Crippen LogP) is 4.58. The Balaban J connectivity index is 0.000000588. The zero-order valence-corrected chi connectivity index (χ0v) is 22.1. The molecule has 0 heterocycles. The fraction of sp³-hybridized carbons (Fsp3) is 0.143. The second-order valence-corrected chi connectivity index (χ2v) is 15.7. The van der Waals surface area contributed by atoms with Crippen molar-refractivity contribution in [1.29, 1.82) is 0 Å². The highest BCUT2D eigenvalue weighted by Crippen LogP contribution is 2.54. The molecule has 0 unspecified atom stereocenters. The summed E-state index contributed by atoms with van der Waals surface area (Å²) in [4.78, 5) is 0. The first-order valence-corrected chi connectivity index (χ1v) is 16.8. The van der Waals surface area contributed by atoms with E-state index in [0.717, 1.165) is 0 Å². The van der Waals surface area contributed by atoms with E-state index in [1.807, 2.05) is 0 Å². The first-order chi connectivity index (χ1) is 16.3. The van der Waals surface area contributed by atoms with Crippen LogP contribution in [0.1, 0.15) is 0 Å². The summed E-state index contributed by atoms with van der Waals surface area (Å²) in [5.41, 5.74) is 0. The molecule has 0 aromatic heterocycles. The summed E-state index contributed by atoms with van der Waals surface area (Å²) < 4.78 is 27.2. The summed E-state index contributed by atoms with van der Waals surface area (Å²) in [7, 11) is -5.74. The second-order valence-electron chi connectivity index (χ2n) is 8.11. The molecule has 0 atom stereocenters. The van der Waals surface area contributed by atoms with Crippen molar-refractivity contribution in [1.82, 2.24) is 0 Å². The number of hydrogen-bond donors (Lipinski definition) is 0. The Labute approximate surface area is 205 Å². The Morgan fingerprint density at radius 1 is 0.647 bits per heavy atom. The highest BCUT2D eigenvalue weighted by Gasteiger charge is 2.37. The minimum Gasteiger partial charge on any atom is -0.748 e. The average molecular weight is 509 g/mol. The topological polar surface area (TPSA) is 57.2 Å². The predicted molar refractivity (Wildman–Crippen MR) is 149 cm³/mol. The van der Waals surface area contributed by atoms with Gasteiger partial charge in [0.25, 0.3) is 0 Å². The van der Waals surface area contributed by atoms with Gasteiger partial charge in [0.1, 0.15) is 0 Å². The van der Waals surface area contributed by atoms with Crippen LogP contribution in [0.25, 0.3) is 0 Å². The van der Waals surface area contributed by atoms with E-state index in [1.165, 1.54) is 33.5 Å². The van der Waals surface area contributed by atoms with Gasteiger partial charge in [0, 0.05) is 12.4 Å². The van der Waals surface area contributed by atoms with Crippen LogP contribution in [0.15, 0.2) is 121 Å². The standard InChI is InChI=1S/C27H27P2.CH4O3S/c1-29(26-18-10-4-11-19-26,27-20-12-5-13-21-27)23-22-28(24-14-6-2-7-15-24)25-16-8-3-9-17-25;1-5(2,3)4/h2-21H,22-23H2,1H3;1H3,(H,2,3,4)/q+1;/p-1. The van der Waals surface area contributed by atoms with E-state index in [-0.39, 0.29) is 7.92 Å². The quantitative estimate of drug-likeness (QED) is 0.271. The van der Waals surface area contributed by atoms with E-state index in [0.29, 0.717) is 6.26 Å². The van der Waals surface area contributed by atoms with E-state index in [2.05, 4.69) is 128 Å². The Morgan fingerprint density at radius 2 is 0.941 bits per heavy atom. The van der Waals surface area contributed by atoms with Crippen LogP contribution in [0.4, 0.5) is 0 Å². The van der Waals surface area contributed by atoms with Gasteiger partial charge in [-0.05, 0) is 42.8 Å². The summed E-state index contributed by atoms with van der Waals surface area (Å²) in [6.07, 6.45) is 3.03. The maximum atomic E-state index is 9.08. The lowest BCUT2D eigenvalue weighted by Crippen LogP contribution is -2.26. The summed E-state index contributed by atoms with van der Waals surface area (Å²) >= 11 is 0. The lowest BCUT2D eigenvalue weighted by molar-refractivity contribution is 0.470. The van der Waals surface area contributed by atoms with Crippen LogP contribution < -0.4 is 21.2 Å². The fourth-order valence-corrected chi connectivity index (χ4v) is 10.6. The van der Waals surface area contributed by atoms with Crippen LogP contribution in [0.5, 0.6) is 0 Å². The molecule has 176 valence electrons. The number of hydrogen-bond acceptors (Lipinski definition) is 3. The molecule has 4 rings (SSSR count). The van der Waals surface area contributed by atoms with Crippen LogP contribution in [0.3, 0.4) is 0 Å². The first kappa shape index (κ1) is 26.3. The summed E-state index contributed by atoms with van der Waals surface area (Å²) in [5.74, 6) is 0. The van der Waals surface area contributed by atoms with Gasteiger partial charge in [-0.15, -0.1) is 0 Å². The minimum atomic E-state index is -3.92. The molecular weight excluding hydrogens is 478 g/mol. The summed E-state index contributed by atoms with van der Waals surface area (Å²) in [6.45, 7) is 2.52. The van der Waals surface area contributed by atoms with Crippen molar-refractivity contribution in [2.75, 3.05) is 25.2 Å². The van der Waals surface area contributed by atoms with Crippen molar-refractivity contribution in [3.8, 4) is 0 Å². The first-order valence-electron chi connectivity index (χ1n) is 11.0. The van der Waals surface area contributed by atoms with Crippen LogP contribution in [0, 0.1) is 0 Å². The zero-order valence-electron chi connectivity index (χ0n) is 19.5. The molecule has 4 aromatic carbocycles. The number of benzene rings is 4. The molecule has 0 aliphatic heterocycles. The van der Waals surface area contributed by atoms with Crippen molar-refractivity contribution < 1.29 is 13.0 Å². The maximum absolute atomic E-state index is 9.08. The molecule has 0 N–H and O–H groups in total. The lowest BCUT2D eigenvalue weighted by Gasteiger charge is -2.26. The van der Waals surface area contributed by atoms with Crippen molar-refractivity contribution in [2.24, 2.45) is 0 Å². The fourth-order valence-electron chi connectivity index (χ4n) is 3.84. The largest absolute Gasteiger partial charge is 0.748 e. The van der Waals surface area contributed by atoms with Gasteiger partial charge in [0.15, 0.2) is 0 Å². The molecule has 0 spiro atoms. The lowest BCUT2D eigenvalue weighted by atomic mass is 10.4. The summed E-state index contributed by atoms with van der Waals surface area (Å²) in [6, 6.07) is 44.5. The summed E-state index contributed by atoms with van der Waals surface area (Å²) in [5, 5.41) is 5.95. The molecule has 3 nitrogen and oxygen atoms in total. The van der Waals surface area contributed by atoms with E-state index in [1.54, 1.807) is 0 Å². The van der Waals surface area contributed by atoms with Crippen LogP contribution in [0.2, 0.25) is 0 Å². The van der Waals surface area contributed by atoms with Gasteiger partial charge in [-0.3, -0.25) is 0 Å². The Bertz CT molecular complexity index is 1150. The van der Waals surface area contributed by atoms with Crippen LogP contribution >= 0.6 is 15.2 Å². The van der Waals surface area contributed by atoms with Crippen molar-refractivity contribution in [3.63, 3.8) is 0 Å². The minimum absolute atomic E-state index is 0.368. The third-order valence-electron chi connectivity index (χ3n) is 5.56. The van der Waals surface area contributed by atoms with Gasteiger partial charge in [-0.2, -0.15) is 0 Å². The normalized spacial score (nSPS) is 11.5. The van der Waals surface area contributed by atoms with Gasteiger partial charge in [0.2, 0.25) is 0 Å². The third kappa shape index (κ3) is 7.86. The molecular formula is C28H30O3P2S. The average Bonchev–Trinajstić information content (AvgIpc) is 2.85.